The highest BCUT2D eigenvalue weighted by atomic mass is 33.1. The van der Waals surface area contributed by atoms with Crippen molar-refractivity contribution < 1.29 is 39.8 Å². The van der Waals surface area contributed by atoms with Gasteiger partial charge in [-0.1, -0.05) is 60.6 Å². The van der Waals surface area contributed by atoms with Crippen LogP contribution < -0.4 is 0 Å². The predicted molar refractivity (Wildman–Crippen MR) is 204 cm³/mol. The fraction of sp³-hybridized carbons (Fsp3) is 1.00. The van der Waals surface area contributed by atoms with Crippen molar-refractivity contribution in [1.29, 1.82) is 0 Å². The van der Waals surface area contributed by atoms with E-state index in [1.807, 2.05) is 83.9 Å². The molecular formula is C32H74O9S2Si3. The minimum absolute atomic E-state index is 0.638. The molecule has 46 heavy (non-hydrogen) atoms. The van der Waals surface area contributed by atoms with Crippen LogP contribution in [0.2, 0.25) is 18.1 Å². The van der Waals surface area contributed by atoms with Crippen molar-refractivity contribution in [1.82, 2.24) is 0 Å². The monoisotopic (exact) mass is 750 g/mol. The molecular weight excluding hydrogens is 677 g/mol. The van der Waals surface area contributed by atoms with Gasteiger partial charge in [-0.3, -0.25) is 0 Å². The summed E-state index contributed by atoms with van der Waals surface area (Å²) in [6.45, 7) is 26.2. The first-order chi connectivity index (χ1) is 22.3. The molecule has 0 aromatic heterocycles. The van der Waals surface area contributed by atoms with Crippen molar-refractivity contribution in [2.45, 2.75) is 139 Å². The standard InChI is InChI=1S/C18H42O6S2Si2.C14H32O3Si/c1-7-19-27(20-8-2,21-9-3)17-13-15-25-26-16-14-18-28(22-10-4,23-11-5)24-12-6;1-5-9-10-11-12-13-14-18(15-6-2,16-7-3)17-8-4/h7-18H2,1-6H3;5-14H2,1-4H3. The molecule has 0 saturated heterocycles. The Kier molecular flexibility index (Phi) is 36.8. The maximum Gasteiger partial charge on any atom is 0.500 e. The smallest absolute Gasteiger partial charge is 0.374 e. The lowest BCUT2D eigenvalue weighted by atomic mass is 10.1. The van der Waals surface area contributed by atoms with Gasteiger partial charge in [0, 0.05) is 89.1 Å². The first-order valence-electron chi connectivity index (χ1n) is 18.3. The van der Waals surface area contributed by atoms with E-state index in [9.17, 15) is 0 Å². The van der Waals surface area contributed by atoms with Crippen molar-refractivity contribution >= 4 is 48.0 Å². The molecule has 0 radical (unpaired) electrons. The van der Waals surface area contributed by atoms with Gasteiger partial charge in [0.1, 0.15) is 0 Å². The molecule has 0 unspecified atom stereocenters. The molecule has 0 amide bonds. The summed E-state index contributed by atoms with van der Waals surface area (Å²) in [4.78, 5) is 0. The fourth-order valence-corrected chi connectivity index (χ4v) is 15.5. The maximum absolute atomic E-state index is 5.90. The van der Waals surface area contributed by atoms with Crippen LogP contribution in [0.1, 0.15) is 121 Å². The van der Waals surface area contributed by atoms with Gasteiger partial charge in [0.2, 0.25) is 0 Å². The van der Waals surface area contributed by atoms with Gasteiger partial charge in [-0.2, -0.15) is 0 Å². The van der Waals surface area contributed by atoms with E-state index in [1.165, 1.54) is 32.1 Å². The quantitative estimate of drug-likeness (QED) is 0.0358. The predicted octanol–water partition coefficient (Wildman–Crippen LogP) is 9.64. The number of hydrogen-bond acceptors (Lipinski definition) is 11. The van der Waals surface area contributed by atoms with E-state index in [0.29, 0.717) is 59.5 Å². The van der Waals surface area contributed by atoms with Crippen LogP contribution in [0.3, 0.4) is 0 Å². The highest BCUT2D eigenvalue weighted by Gasteiger charge is 2.41. The van der Waals surface area contributed by atoms with Crippen LogP contribution in [0.4, 0.5) is 0 Å². The zero-order valence-electron chi connectivity index (χ0n) is 31.5. The molecule has 0 heterocycles. The Morgan fingerprint density at radius 3 is 0.804 bits per heavy atom. The average molecular weight is 751 g/mol. The van der Waals surface area contributed by atoms with Crippen LogP contribution in [0, 0.1) is 0 Å². The topological polar surface area (TPSA) is 83.1 Å². The van der Waals surface area contributed by atoms with Crippen LogP contribution >= 0.6 is 21.6 Å². The Balaban J connectivity index is 0. The summed E-state index contributed by atoms with van der Waals surface area (Å²) in [5, 5.41) is 0. The van der Waals surface area contributed by atoms with E-state index in [2.05, 4.69) is 6.92 Å². The molecule has 0 saturated carbocycles. The van der Waals surface area contributed by atoms with Crippen LogP contribution in [0.25, 0.3) is 0 Å². The summed E-state index contributed by atoms with van der Waals surface area (Å²) in [5.41, 5.74) is 0. The summed E-state index contributed by atoms with van der Waals surface area (Å²) in [6, 6.07) is 2.73. The Labute approximate surface area is 296 Å². The van der Waals surface area contributed by atoms with Gasteiger partial charge in [0.15, 0.2) is 0 Å². The first-order valence-corrected chi connectivity index (χ1v) is 26.6. The van der Waals surface area contributed by atoms with Crippen molar-refractivity contribution in [2.75, 3.05) is 71.0 Å². The van der Waals surface area contributed by atoms with E-state index in [-0.39, 0.29) is 0 Å². The van der Waals surface area contributed by atoms with Crippen LogP contribution in [-0.4, -0.2) is 97.4 Å². The summed E-state index contributed by atoms with van der Waals surface area (Å²) >= 11 is 0. The molecule has 0 fully saturated rings. The lowest BCUT2D eigenvalue weighted by molar-refractivity contribution is 0.0700. The largest absolute Gasteiger partial charge is 0.500 e. The van der Waals surface area contributed by atoms with E-state index in [0.717, 1.165) is 48.9 Å². The average Bonchev–Trinajstić information content (AvgIpc) is 3.02. The molecule has 0 aliphatic heterocycles. The van der Waals surface area contributed by atoms with E-state index >= 15 is 0 Å². The lowest BCUT2D eigenvalue weighted by Gasteiger charge is -2.28. The van der Waals surface area contributed by atoms with Crippen LogP contribution in [-0.2, 0) is 39.8 Å². The summed E-state index contributed by atoms with van der Waals surface area (Å²) < 4.78 is 52.9. The second-order valence-electron chi connectivity index (χ2n) is 10.3. The third kappa shape index (κ3) is 25.0. The molecule has 0 atom stereocenters. The van der Waals surface area contributed by atoms with Crippen molar-refractivity contribution in [3.63, 3.8) is 0 Å². The SMILES string of the molecule is CCCCCCCC[Si](OCC)(OCC)OCC.CCO[Si](CCCSSCCC[Si](OCC)(OCC)OCC)(OCC)OCC. The molecule has 0 aromatic rings. The molecule has 0 N–H and O–H groups in total. The van der Waals surface area contributed by atoms with Gasteiger partial charge in [-0.15, -0.1) is 0 Å². The van der Waals surface area contributed by atoms with Gasteiger partial charge in [0.05, 0.1) is 0 Å². The first kappa shape index (κ1) is 49.1. The van der Waals surface area contributed by atoms with E-state index in [4.69, 9.17) is 39.8 Å². The molecule has 0 spiro atoms. The second kappa shape index (κ2) is 34.4. The minimum atomic E-state index is -2.49. The molecule has 0 aromatic carbocycles. The summed E-state index contributed by atoms with van der Waals surface area (Å²) in [6.07, 6.45) is 9.84. The van der Waals surface area contributed by atoms with E-state index < -0.39 is 26.4 Å². The van der Waals surface area contributed by atoms with Gasteiger partial charge < -0.3 is 39.8 Å². The molecule has 14 heteroatoms. The number of hydrogen-bond donors (Lipinski definition) is 0. The molecule has 0 aliphatic rings. The van der Waals surface area contributed by atoms with Crippen LogP contribution in [0.5, 0.6) is 0 Å². The summed E-state index contributed by atoms with van der Waals surface area (Å²) in [7, 11) is -3.54. The maximum atomic E-state index is 5.90. The Hall–Kier alpha value is 0.991. The Morgan fingerprint density at radius 2 is 0.543 bits per heavy atom. The van der Waals surface area contributed by atoms with Crippen molar-refractivity contribution in [3.8, 4) is 0 Å². The second-order valence-corrected chi connectivity index (χ2v) is 21.2. The van der Waals surface area contributed by atoms with Gasteiger partial charge >= 0.3 is 26.4 Å². The third-order valence-corrected chi connectivity index (χ3v) is 18.7. The zero-order valence-corrected chi connectivity index (χ0v) is 36.2. The Morgan fingerprint density at radius 1 is 0.304 bits per heavy atom. The summed E-state index contributed by atoms with van der Waals surface area (Å²) in [5.74, 6) is 2.13. The fourth-order valence-electron chi connectivity index (χ4n) is 4.94. The molecule has 0 aliphatic carbocycles. The zero-order chi connectivity index (χ0) is 34.8. The lowest BCUT2D eigenvalue weighted by Crippen LogP contribution is -2.46. The van der Waals surface area contributed by atoms with Crippen molar-refractivity contribution in [3.05, 3.63) is 0 Å². The third-order valence-electron chi connectivity index (χ3n) is 6.62. The molecule has 280 valence electrons. The normalized spacial score (nSPS) is 12.4. The molecule has 0 rings (SSSR count). The molecule has 9 nitrogen and oxygen atoms in total. The van der Waals surface area contributed by atoms with E-state index in [1.54, 1.807) is 0 Å². The highest BCUT2D eigenvalue weighted by molar-refractivity contribution is 8.76. The Bertz CT molecular complexity index is 548. The van der Waals surface area contributed by atoms with Gasteiger partial charge in [-0.05, 0) is 81.6 Å². The minimum Gasteiger partial charge on any atom is -0.374 e. The van der Waals surface area contributed by atoms with Crippen molar-refractivity contribution in [2.24, 2.45) is 0 Å². The van der Waals surface area contributed by atoms with Crippen LogP contribution in [0.15, 0.2) is 0 Å². The highest BCUT2D eigenvalue weighted by Crippen LogP contribution is 2.28. The molecule has 0 bridgehead atoms. The van der Waals surface area contributed by atoms with Gasteiger partial charge in [-0.25, -0.2) is 0 Å². The van der Waals surface area contributed by atoms with Gasteiger partial charge in [0.25, 0.3) is 0 Å². The number of rotatable bonds is 34. The number of unbranched alkanes of at least 4 members (excludes halogenated alkanes) is 5.